The lowest BCUT2D eigenvalue weighted by Crippen LogP contribution is -2.32. The number of nitrogens with zero attached hydrogens (tertiary/aromatic N) is 1. The van der Waals surface area contributed by atoms with E-state index in [9.17, 15) is 9.59 Å². The highest BCUT2D eigenvalue weighted by Gasteiger charge is 2.34. The third-order valence-corrected chi connectivity index (χ3v) is 6.29. The molecule has 2 amide bonds. The summed E-state index contributed by atoms with van der Waals surface area (Å²) in [7, 11) is 0. The van der Waals surface area contributed by atoms with Crippen LogP contribution >= 0.6 is 55.2 Å². The molecular formula is C20H16Br2ClNO4S. The zero-order chi connectivity index (χ0) is 21.0. The Morgan fingerprint density at radius 2 is 1.83 bits per heavy atom. The molecule has 0 N–H and O–H groups in total. The summed E-state index contributed by atoms with van der Waals surface area (Å²) in [4.78, 5) is 26.5. The van der Waals surface area contributed by atoms with Crippen LogP contribution < -0.4 is 9.47 Å². The Morgan fingerprint density at radius 3 is 2.48 bits per heavy atom. The van der Waals surface area contributed by atoms with Gasteiger partial charge in [0, 0.05) is 0 Å². The van der Waals surface area contributed by atoms with Gasteiger partial charge < -0.3 is 9.47 Å². The first-order valence-electron chi connectivity index (χ1n) is 8.65. The molecule has 152 valence electrons. The Hall–Kier alpha value is -1.48. The fourth-order valence-electron chi connectivity index (χ4n) is 2.60. The van der Waals surface area contributed by atoms with Crippen LogP contribution in [0.4, 0.5) is 4.79 Å². The molecule has 2 aromatic rings. The predicted molar refractivity (Wildman–Crippen MR) is 123 cm³/mol. The Morgan fingerprint density at radius 1 is 1.14 bits per heavy atom. The van der Waals surface area contributed by atoms with E-state index in [4.69, 9.17) is 21.1 Å². The van der Waals surface area contributed by atoms with Gasteiger partial charge in [0.05, 0.1) is 32.0 Å². The van der Waals surface area contributed by atoms with Crippen molar-refractivity contribution < 1.29 is 19.1 Å². The van der Waals surface area contributed by atoms with Gasteiger partial charge in [0.2, 0.25) is 0 Å². The zero-order valence-corrected chi connectivity index (χ0v) is 20.0. The van der Waals surface area contributed by atoms with E-state index in [0.717, 1.165) is 26.3 Å². The summed E-state index contributed by atoms with van der Waals surface area (Å²) < 4.78 is 12.7. The maximum absolute atomic E-state index is 12.7. The molecule has 0 radical (unpaired) electrons. The Balaban J connectivity index is 1.69. The van der Waals surface area contributed by atoms with Gasteiger partial charge in [-0.25, -0.2) is 0 Å². The number of halogens is 3. The van der Waals surface area contributed by atoms with Crippen molar-refractivity contribution in [1.29, 1.82) is 0 Å². The standard InChI is InChI=1S/C20H16Br2ClNO4S/c1-2-27-18-13(21)9-12(10-14(18)22)11-17-19(25)24(20(26)29-17)7-8-28-16-6-4-3-5-15(16)23/h3-6,9-11H,2,7-8H2,1H3/b17-11-. The summed E-state index contributed by atoms with van der Waals surface area (Å²) in [5, 5.41) is 0.154. The van der Waals surface area contributed by atoms with E-state index in [1.165, 1.54) is 4.90 Å². The van der Waals surface area contributed by atoms with Gasteiger partial charge in [0.15, 0.2) is 0 Å². The number of ether oxygens (including phenoxy) is 2. The van der Waals surface area contributed by atoms with Gasteiger partial charge in [-0.15, -0.1) is 0 Å². The molecule has 0 saturated carbocycles. The Bertz CT molecular complexity index is 960. The number of hydrogen-bond acceptors (Lipinski definition) is 5. The molecule has 9 heteroatoms. The molecular weight excluding hydrogens is 546 g/mol. The van der Waals surface area contributed by atoms with Crippen molar-refractivity contribution in [3.05, 3.63) is 60.8 Å². The normalized spacial score (nSPS) is 15.3. The second-order valence-electron chi connectivity index (χ2n) is 5.86. The highest BCUT2D eigenvalue weighted by Crippen LogP contribution is 2.37. The molecule has 0 aromatic heterocycles. The maximum atomic E-state index is 12.7. The number of carbonyl (C=O) groups is 2. The monoisotopic (exact) mass is 559 g/mol. The number of hydrogen-bond donors (Lipinski definition) is 0. The largest absolute Gasteiger partial charge is 0.492 e. The van der Waals surface area contributed by atoms with Gasteiger partial charge in [-0.05, 0) is 86.5 Å². The van der Waals surface area contributed by atoms with Gasteiger partial charge in [0.25, 0.3) is 11.1 Å². The van der Waals surface area contributed by atoms with Crippen molar-refractivity contribution in [2.75, 3.05) is 19.8 Å². The van der Waals surface area contributed by atoms with E-state index in [1.54, 1.807) is 30.3 Å². The number of para-hydroxylation sites is 1. The number of imide groups is 1. The summed E-state index contributed by atoms with van der Waals surface area (Å²) in [6, 6.07) is 10.7. The molecule has 0 atom stereocenters. The number of benzene rings is 2. The van der Waals surface area contributed by atoms with Crippen LogP contribution in [0.1, 0.15) is 12.5 Å². The Labute approximate surface area is 194 Å². The third kappa shape index (κ3) is 5.36. The minimum atomic E-state index is -0.344. The minimum Gasteiger partial charge on any atom is -0.492 e. The first kappa shape index (κ1) is 22.2. The third-order valence-electron chi connectivity index (χ3n) is 3.89. The molecule has 0 bridgehead atoms. The Kier molecular flexibility index (Phi) is 7.67. The van der Waals surface area contributed by atoms with Crippen LogP contribution in [0, 0.1) is 0 Å². The smallest absolute Gasteiger partial charge is 0.293 e. The maximum Gasteiger partial charge on any atom is 0.293 e. The lowest BCUT2D eigenvalue weighted by atomic mass is 10.2. The van der Waals surface area contributed by atoms with Crippen molar-refractivity contribution in [2.45, 2.75) is 6.92 Å². The van der Waals surface area contributed by atoms with E-state index < -0.39 is 0 Å². The molecule has 2 aromatic carbocycles. The minimum absolute atomic E-state index is 0.143. The van der Waals surface area contributed by atoms with E-state index in [2.05, 4.69) is 31.9 Å². The molecule has 0 aliphatic carbocycles. The summed E-state index contributed by atoms with van der Waals surface area (Å²) in [5.41, 5.74) is 0.769. The van der Waals surface area contributed by atoms with Crippen molar-refractivity contribution in [2.24, 2.45) is 0 Å². The topological polar surface area (TPSA) is 55.8 Å². The molecule has 1 heterocycles. The van der Waals surface area contributed by atoms with E-state index in [1.807, 2.05) is 19.1 Å². The van der Waals surface area contributed by atoms with Crippen molar-refractivity contribution in [1.82, 2.24) is 4.90 Å². The van der Waals surface area contributed by atoms with Gasteiger partial charge >= 0.3 is 0 Å². The summed E-state index contributed by atoms with van der Waals surface area (Å²) >= 11 is 13.9. The van der Waals surface area contributed by atoms with Crippen molar-refractivity contribution in [3.8, 4) is 11.5 Å². The predicted octanol–water partition coefficient (Wildman–Crippen LogP) is 6.38. The van der Waals surface area contributed by atoms with Crippen molar-refractivity contribution in [3.63, 3.8) is 0 Å². The van der Waals surface area contributed by atoms with Crippen LogP contribution in [0.15, 0.2) is 50.2 Å². The zero-order valence-electron chi connectivity index (χ0n) is 15.3. The second-order valence-corrected chi connectivity index (χ2v) is 8.97. The average molecular weight is 562 g/mol. The van der Waals surface area contributed by atoms with E-state index >= 15 is 0 Å². The number of rotatable bonds is 7. The quantitative estimate of drug-likeness (QED) is 0.367. The summed E-state index contributed by atoms with van der Waals surface area (Å²) in [5.74, 6) is 0.860. The molecule has 0 unspecified atom stereocenters. The summed E-state index contributed by atoms with van der Waals surface area (Å²) in [6.07, 6.45) is 1.69. The van der Waals surface area contributed by atoms with E-state index in [-0.39, 0.29) is 24.3 Å². The van der Waals surface area contributed by atoms with Gasteiger partial charge in [-0.2, -0.15) is 0 Å². The lowest BCUT2D eigenvalue weighted by molar-refractivity contribution is -0.123. The van der Waals surface area contributed by atoms with Crippen LogP contribution in [-0.2, 0) is 4.79 Å². The molecule has 1 saturated heterocycles. The van der Waals surface area contributed by atoms with Gasteiger partial charge in [-0.1, -0.05) is 23.7 Å². The lowest BCUT2D eigenvalue weighted by Gasteiger charge is -2.13. The number of amides is 2. The van der Waals surface area contributed by atoms with Gasteiger partial charge in [0.1, 0.15) is 18.1 Å². The van der Waals surface area contributed by atoms with Crippen LogP contribution in [0.3, 0.4) is 0 Å². The van der Waals surface area contributed by atoms with Crippen LogP contribution in [0.2, 0.25) is 5.02 Å². The van der Waals surface area contributed by atoms with Crippen LogP contribution in [0.25, 0.3) is 6.08 Å². The number of thioether (sulfide) groups is 1. The first-order valence-corrected chi connectivity index (χ1v) is 11.4. The SMILES string of the molecule is CCOc1c(Br)cc(/C=C2\SC(=O)N(CCOc3ccccc3Cl)C2=O)cc1Br. The average Bonchev–Trinajstić information content (AvgIpc) is 2.93. The van der Waals surface area contributed by atoms with E-state index in [0.29, 0.717) is 28.0 Å². The van der Waals surface area contributed by atoms with Crippen LogP contribution in [-0.4, -0.2) is 35.8 Å². The summed E-state index contributed by atoms with van der Waals surface area (Å²) in [6.45, 7) is 2.74. The number of carbonyl (C=O) groups excluding carboxylic acids is 2. The molecule has 1 fully saturated rings. The fourth-order valence-corrected chi connectivity index (χ4v) is 5.10. The van der Waals surface area contributed by atoms with Crippen LogP contribution in [0.5, 0.6) is 11.5 Å². The molecule has 1 aliphatic rings. The fraction of sp³-hybridized carbons (Fsp3) is 0.200. The molecule has 29 heavy (non-hydrogen) atoms. The van der Waals surface area contributed by atoms with Crippen molar-refractivity contribution >= 4 is 72.4 Å². The second kappa shape index (κ2) is 10.0. The molecule has 0 spiro atoms. The van der Waals surface area contributed by atoms with Gasteiger partial charge in [-0.3, -0.25) is 14.5 Å². The highest BCUT2D eigenvalue weighted by molar-refractivity contribution is 9.11. The first-order chi connectivity index (χ1) is 13.9. The molecule has 3 rings (SSSR count). The molecule has 5 nitrogen and oxygen atoms in total. The molecule has 1 aliphatic heterocycles. The highest BCUT2D eigenvalue weighted by atomic mass is 79.9.